The Morgan fingerprint density at radius 1 is 1.14 bits per heavy atom. The van der Waals surface area contributed by atoms with Crippen molar-refractivity contribution in [2.75, 3.05) is 6.54 Å². The van der Waals surface area contributed by atoms with E-state index in [0.29, 0.717) is 13.0 Å². The molecule has 2 aliphatic rings. The largest absolute Gasteiger partial charge is 1.00 e. The van der Waals surface area contributed by atoms with Crippen LogP contribution in [0.1, 0.15) is 64.4 Å². The quantitative estimate of drug-likeness (QED) is 0.164. The molecule has 5 atom stereocenters. The fourth-order valence-corrected chi connectivity index (χ4v) is 6.09. The van der Waals surface area contributed by atoms with E-state index in [-0.39, 0.29) is 86.3 Å². The number of aliphatic hydroxyl groups is 1. The number of alkyl halides is 2. The second-order valence-corrected chi connectivity index (χ2v) is 13.1. The first kappa shape index (κ1) is 37.3. The molecule has 1 aliphatic carbocycles. The SMILES string of the molecule is CC(C)C[C@H](NC(=O)OC(Cc1ccccc1)C1CCC(F)(F)CC1)C(=O)N[C@@H](C[C@@H]1CCNC1=O)C(O)S(=O)(=O)[O-].[Na+]. The summed E-state index contributed by atoms with van der Waals surface area (Å²) >= 11 is 0. The van der Waals surface area contributed by atoms with Crippen molar-refractivity contribution in [1.82, 2.24) is 16.0 Å². The van der Waals surface area contributed by atoms with Crippen LogP contribution >= 0.6 is 0 Å². The summed E-state index contributed by atoms with van der Waals surface area (Å²) in [6.07, 6.45) is -1.63. The van der Waals surface area contributed by atoms with Crippen molar-refractivity contribution < 1.29 is 75.5 Å². The summed E-state index contributed by atoms with van der Waals surface area (Å²) in [5.74, 6) is -5.22. The van der Waals surface area contributed by atoms with Crippen molar-refractivity contribution in [2.45, 2.75) is 94.8 Å². The van der Waals surface area contributed by atoms with Crippen LogP contribution in [0.5, 0.6) is 0 Å². The van der Waals surface area contributed by atoms with Gasteiger partial charge in [-0.1, -0.05) is 44.2 Å². The number of carbonyl (C=O) groups excluding carboxylic acids is 3. The average molecular weight is 640 g/mol. The summed E-state index contributed by atoms with van der Waals surface area (Å²) in [6, 6.07) is 6.27. The van der Waals surface area contributed by atoms with Gasteiger partial charge in [0.2, 0.25) is 17.7 Å². The molecule has 236 valence electrons. The Bertz CT molecular complexity index is 1180. The minimum atomic E-state index is -5.25. The van der Waals surface area contributed by atoms with E-state index in [1.807, 2.05) is 30.3 Å². The standard InChI is InChI=1S/C28H41F2N3O8S.Na/c1-17(2)14-21(25(35)32-22(26(36)42(38,39)40)16-20-10-13-31-24(20)34)33-27(37)41-23(15-18-6-4-3-5-7-18)19-8-11-28(29,30)12-9-19;/h3-7,17,19-23,26,36H,8-16H2,1-2H3,(H,31,34)(H,32,35)(H,33,37)(H,38,39,40);/q;+1/p-1/t20-,21-,22-,23?,26?;/m0./s1. The number of hydrogen-bond acceptors (Lipinski definition) is 8. The summed E-state index contributed by atoms with van der Waals surface area (Å²) in [5, 5.41) is 17.6. The van der Waals surface area contributed by atoms with Gasteiger partial charge in [-0.2, -0.15) is 0 Å². The van der Waals surface area contributed by atoms with Crippen molar-refractivity contribution in [3.05, 3.63) is 35.9 Å². The van der Waals surface area contributed by atoms with Gasteiger partial charge in [-0.05, 0) is 49.5 Å². The van der Waals surface area contributed by atoms with E-state index in [0.717, 1.165) is 5.56 Å². The second-order valence-electron chi connectivity index (χ2n) is 11.7. The number of rotatable bonds is 13. The Balaban J connectivity index is 0.00000645. The molecule has 2 fully saturated rings. The second kappa shape index (κ2) is 16.5. The number of hydrogen-bond donors (Lipinski definition) is 4. The topological polar surface area (TPSA) is 174 Å². The first-order chi connectivity index (χ1) is 19.6. The van der Waals surface area contributed by atoms with Gasteiger partial charge in [0.25, 0.3) is 0 Å². The molecule has 3 rings (SSSR count). The number of benzene rings is 1. The summed E-state index contributed by atoms with van der Waals surface area (Å²) in [6.45, 7) is 3.90. The van der Waals surface area contributed by atoms with Crippen LogP contribution in [0.25, 0.3) is 0 Å². The fourth-order valence-electron chi connectivity index (χ4n) is 5.51. The Labute approximate surface area is 273 Å². The van der Waals surface area contributed by atoms with Crippen LogP contribution in [0.3, 0.4) is 0 Å². The maximum absolute atomic E-state index is 13.8. The third-order valence-corrected chi connectivity index (χ3v) is 8.73. The molecule has 4 N–H and O–H groups in total. The van der Waals surface area contributed by atoms with Crippen LogP contribution in [0.4, 0.5) is 13.6 Å². The normalized spacial score (nSPS) is 21.6. The first-order valence-electron chi connectivity index (χ1n) is 14.2. The van der Waals surface area contributed by atoms with E-state index in [9.17, 15) is 41.2 Å². The van der Waals surface area contributed by atoms with Crippen LogP contribution in [-0.4, -0.2) is 72.1 Å². The van der Waals surface area contributed by atoms with E-state index >= 15 is 0 Å². The first-order valence-corrected chi connectivity index (χ1v) is 15.7. The number of carbonyl (C=O) groups is 3. The minimum Gasteiger partial charge on any atom is -0.746 e. The number of amides is 3. The molecule has 3 amide bonds. The molecule has 1 saturated heterocycles. The monoisotopic (exact) mass is 639 g/mol. The molecular weight excluding hydrogens is 599 g/mol. The molecule has 0 bridgehead atoms. The fraction of sp³-hybridized carbons (Fsp3) is 0.679. The molecule has 1 aliphatic heterocycles. The van der Waals surface area contributed by atoms with Crippen LogP contribution in [0.15, 0.2) is 30.3 Å². The van der Waals surface area contributed by atoms with Gasteiger partial charge in [-0.3, -0.25) is 9.59 Å². The third-order valence-electron chi connectivity index (χ3n) is 7.81. The molecule has 0 radical (unpaired) electrons. The van der Waals surface area contributed by atoms with Crippen molar-refractivity contribution >= 4 is 28.0 Å². The van der Waals surface area contributed by atoms with Crippen molar-refractivity contribution in [3.63, 3.8) is 0 Å². The molecule has 43 heavy (non-hydrogen) atoms. The summed E-state index contributed by atoms with van der Waals surface area (Å²) in [5.41, 5.74) is -1.67. The summed E-state index contributed by atoms with van der Waals surface area (Å²) in [7, 11) is -5.25. The smallest absolute Gasteiger partial charge is 0.746 e. The van der Waals surface area contributed by atoms with Crippen molar-refractivity contribution in [1.29, 1.82) is 0 Å². The van der Waals surface area contributed by atoms with E-state index in [1.165, 1.54) is 0 Å². The third kappa shape index (κ3) is 11.9. The molecule has 0 aromatic heterocycles. The molecule has 0 spiro atoms. The average Bonchev–Trinajstić information content (AvgIpc) is 3.30. The summed E-state index contributed by atoms with van der Waals surface area (Å²) in [4.78, 5) is 38.4. The van der Waals surface area contributed by atoms with E-state index < -0.39 is 63.5 Å². The van der Waals surface area contributed by atoms with Crippen molar-refractivity contribution in [3.8, 4) is 0 Å². The molecule has 1 aromatic carbocycles. The Morgan fingerprint density at radius 3 is 2.30 bits per heavy atom. The molecule has 2 unspecified atom stereocenters. The van der Waals surface area contributed by atoms with Gasteiger partial charge in [-0.15, -0.1) is 0 Å². The van der Waals surface area contributed by atoms with Gasteiger partial charge in [0.15, 0.2) is 5.44 Å². The van der Waals surface area contributed by atoms with E-state index in [2.05, 4.69) is 16.0 Å². The van der Waals surface area contributed by atoms with Crippen LogP contribution in [0.2, 0.25) is 0 Å². The van der Waals surface area contributed by atoms with Crippen LogP contribution < -0.4 is 45.5 Å². The molecular formula is C28H40F2N3NaO8S. The Hall–Kier alpha value is -1.84. The predicted molar refractivity (Wildman–Crippen MR) is 147 cm³/mol. The zero-order valence-electron chi connectivity index (χ0n) is 24.8. The predicted octanol–water partition coefficient (Wildman–Crippen LogP) is -0.557. The summed E-state index contributed by atoms with van der Waals surface area (Å²) < 4.78 is 68.2. The maximum Gasteiger partial charge on any atom is 1.00 e. The Morgan fingerprint density at radius 2 is 1.77 bits per heavy atom. The van der Waals surface area contributed by atoms with Gasteiger partial charge in [0, 0.05) is 31.7 Å². The molecule has 1 heterocycles. The minimum absolute atomic E-state index is 0. The van der Waals surface area contributed by atoms with E-state index in [1.54, 1.807) is 13.8 Å². The maximum atomic E-state index is 13.8. The van der Waals surface area contributed by atoms with Gasteiger partial charge >= 0.3 is 35.7 Å². The number of nitrogens with one attached hydrogen (secondary N) is 3. The molecule has 1 saturated carbocycles. The Kier molecular flexibility index (Phi) is 14.3. The zero-order chi connectivity index (χ0) is 31.1. The zero-order valence-corrected chi connectivity index (χ0v) is 27.6. The van der Waals surface area contributed by atoms with E-state index in [4.69, 9.17) is 4.74 Å². The van der Waals surface area contributed by atoms with Crippen LogP contribution in [-0.2, 0) is 30.9 Å². The van der Waals surface area contributed by atoms with Gasteiger partial charge < -0.3 is 30.3 Å². The molecule has 1 aromatic rings. The van der Waals surface area contributed by atoms with Crippen LogP contribution in [0, 0.1) is 17.8 Å². The van der Waals surface area contributed by atoms with Crippen molar-refractivity contribution in [2.24, 2.45) is 17.8 Å². The molecule has 15 heteroatoms. The number of aliphatic hydroxyl groups excluding tert-OH is 1. The number of halogens is 2. The number of ether oxygens (including phenoxy) is 1. The van der Waals surface area contributed by atoms with Gasteiger partial charge in [0.1, 0.15) is 22.3 Å². The number of alkyl carbamates (subject to hydrolysis) is 1. The van der Waals surface area contributed by atoms with Gasteiger partial charge in [0.05, 0.1) is 6.04 Å². The molecule has 11 nitrogen and oxygen atoms in total. The van der Waals surface area contributed by atoms with Gasteiger partial charge in [-0.25, -0.2) is 22.0 Å².